The van der Waals surface area contributed by atoms with Crippen LogP contribution in [0.1, 0.15) is 127 Å². The van der Waals surface area contributed by atoms with Gasteiger partial charge in [0.1, 0.15) is 72.5 Å². The molecular formula is C57H96N14O18S2. The first-order valence-corrected chi connectivity index (χ1v) is 32.1. The lowest BCUT2D eigenvalue weighted by molar-refractivity contribution is -0.149. The molecule has 32 nitrogen and oxygen atoms in total. The molecular weight excluding hydrogens is 1230 g/mol. The Bertz CT molecular complexity index is 2630. The predicted octanol–water partition coefficient (Wildman–Crippen LogP) is -5.62. The Morgan fingerprint density at radius 2 is 0.978 bits per heavy atom. The summed E-state index contributed by atoms with van der Waals surface area (Å²) in [6.45, 7) is 12.9. The summed E-state index contributed by atoms with van der Waals surface area (Å²) in [6.07, 6.45) is -1.20. The molecule has 3 aliphatic heterocycles. The maximum absolute atomic E-state index is 14.6. The third-order valence-corrected chi connectivity index (χ3v) is 17.7. The number of hydrogen-bond acceptors (Lipinski definition) is 20. The molecule has 3 saturated heterocycles. The highest BCUT2D eigenvalue weighted by atomic mass is 32.1. The van der Waals surface area contributed by atoms with Crippen LogP contribution in [0, 0.1) is 17.8 Å². The van der Waals surface area contributed by atoms with Gasteiger partial charge in [-0.25, -0.2) is 4.79 Å². The molecule has 3 rings (SSSR count). The van der Waals surface area contributed by atoms with E-state index in [1.165, 1.54) is 30.6 Å². The topological polar surface area (TPSA) is 490 Å². The molecule has 3 heterocycles. The van der Waals surface area contributed by atoms with Crippen LogP contribution in [0.3, 0.4) is 0 Å². The van der Waals surface area contributed by atoms with Crippen LogP contribution in [-0.4, -0.2) is 246 Å². The van der Waals surface area contributed by atoms with Crippen molar-refractivity contribution in [1.29, 1.82) is 0 Å². The van der Waals surface area contributed by atoms with Crippen LogP contribution in [0.4, 0.5) is 0 Å². The molecule has 0 radical (unpaired) electrons. The molecule has 18 atom stereocenters. The molecule has 0 aliphatic carbocycles. The van der Waals surface area contributed by atoms with E-state index in [0.717, 1.165) is 4.90 Å². The van der Waals surface area contributed by atoms with Gasteiger partial charge < -0.3 is 94.4 Å². The number of nitrogens with two attached hydrogens (primary N) is 2. The van der Waals surface area contributed by atoms with Crippen molar-refractivity contribution in [3.05, 3.63) is 0 Å². The molecule has 514 valence electrons. The highest BCUT2D eigenvalue weighted by Crippen LogP contribution is 2.28. The number of thiol groups is 2. The molecule has 3 fully saturated rings. The summed E-state index contributed by atoms with van der Waals surface area (Å²) in [7, 11) is 0. The van der Waals surface area contributed by atoms with Gasteiger partial charge in [-0.05, 0) is 70.6 Å². The fraction of sp³-hybridized carbons (Fsp3) is 0.754. The first-order valence-electron chi connectivity index (χ1n) is 30.8. The average molecular weight is 1330 g/mol. The lowest BCUT2D eigenvalue weighted by atomic mass is 9.96. The Morgan fingerprint density at radius 3 is 1.47 bits per heavy atom. The summed E-state index contributed by atoms with van der Waals surface area (Å²) in [6, 6.07) is -17.4. The van der Waals surface area contributed by atoms with Crippen LogP contribution in [-0.2, 0) is 67.1 Å². The molecule has 17 N–H and O–H groups in total. The zero-order valence-corrected chi connectivity index (χ0v) is 54.9. The van der Waals surface area contributed by atoms with Crippen molar-refractivity contribution in [2.45, 2.75) is 217 Å². The number of carbonyl (C=O) groups excluding carboxylic acids is 13. The molecule has 0 aromatic carbocycles. The Hall–Kier alpha value is -6.88. The van der Waals surface area contributed by atoms with Gasteiger partial charge in [-0.1, -0.05) is 60.8 Å². The molecule has 91 heavy (non-hydrogen) atoms. The molecule has 13 amide bonds. The van der Waals surface area contributed by atoms with E-state index in [1.54, 1.807) is 41.5 Å². The SMILES string of the molecule is CC[C@H](C)[C@H](NC(=O)[C@@H]1C[C@@H](O)CN1C(=O)[C@@H](N)CS)C(=O)N[C@@H](C)C(=O)N[C@H](C(=O)N[C@@H](C)C(=O)N[C@@H](CO)C(=O)N[C@H](C(=O)N1CCC[C@H]1C(=O)N1CCC[C@H]1C(=O)N[C@H](C(=O)N[C@@H](CS)C(=O)N[C@@H](CCC(N)=O)C(=O)O)[C@@H](C)CC)[C@@H](C)CC)[C@@H](C)O. The van der Waals surface area contributed by atoms with E-state index in [0.29, 0.717) is 32.1 Å². The molecule has 0 spiro atoms. The number of amides is 13. The Balaban J connectivity index is 1.68. The van der Waals surface area contributed by atoms with Crippen molar-refractivity contribution in [3.8, 4) is 0 Å². The van der Waals surface area contributed by atoms with Gasteiger partial charge >= 0.3 is 5.97 Å². The third-order valence-electron chi connectivity index (χ3n) is 16.9. The number of likely N-dealkylation sites (tertiary alicyclic amines) is 3. The molecule has 0 bridgehead atoms. The number of carboxylic acid groups (broad SMARTS) is 1. The van der Waals surface area contributed by atoms with Gasteiger partial charge in [-0.3, -0.25) is 62.3 Å². The molecule has 0 saturated carbocycles. The minimum Gasteiger partial charge on any atom is -0.480 e. The number of primary amides is 1. The number of carboxylic acids is 1. The van der Waals surface area contributed by atoms with E-state index in [4.69, 9.17) is 11.5 Å². The molecule has 0 unspecified atom stereocenters. The van der Waals surface area contributed by atoms with Crippen LogP contribution in [0.15, 0.2) is 0 Å². The second-order valence-electron chi connectivity index (χ2n) is 23.8. The van der Waals surface area contributed by atoms with Gasteiger partial charge in [-0.15, -0.1) is 0 Å². The van der Waals surface area contributed by atoms with Crippen LogP contribution in [0.5, 0.6) is 0 Å². The standard InChI is InChI=1S/C57H96N14O18S2/c1-10-26(4)41(66-50(81)39-21-32(74)22-71(39)54(85)33(58)24-90)51(82)60-30(8)46(77)68-44(31(9)73)53(84)61-29(7)45(76)63-35(23-72)47(78)67-43(28(6)12-3)56(87)70-20-14-16-38(70)55(86)69-19-13-15-37(69)49(80)65-42(27(5)11-2)52(83)64-36(25-91)48(79)62-34(57(88)89)17-18-40(59)75/h26-39,41-44,72-74,90-91H,10-25,58H2,1-9H3,(H2,59,75)(H,60,82)(H,61,84)(H,62,79)(H,63,76)(H,64,83)(H,65,80)(H,66,81)(H,67,78)(H,68,77)(H,88,89)/t26-,27-,28-,29-,30-,31+,32+,33-,34-,35-,36-,37-,38-,39-,41-,42-,43-,44-/m0/s1. The van der Waals surface area contributed by atoms with E-state index in [1.807, 2.05) is 0 Å². The maximum Gasteiger partial charge on any atom is 0.326 e. The van der Waals surface area contributed by atoms with Crippen molar-refractivity contribution >= 4 is 108 Å². The van der Waals surface area contributed by atoms with Gasteiger partial charge in [0, 0.05) is 44.0 Å². The number of nitrogens with one attached hydrogen (secondary N) is 9. The minimum absolute atomic E-state index is 0.0259. The minimum atomic E-state index is -1.73. The second kappa shape index (κ2) is 37.0. The highest BCUT2D eigenvalue weighted by molar-refractivity contribution is 7.80. The Kier molecular flexibility index (Phi) is 31.8. The molecule has 0 aromatic heterocycles. The van der Waals surface area contributed by atoms with Crippen LogP contribution in [0.2, 0.25) is 0 Å². The summed E-state index contributed by atoms with van der Waals surface area (Å²) in [5, 5.41) is 63.1. The first-order chi connectivity index (χ1) is 42.7. The van der Waals surface area contributed by atoms with E-state index < -0.39 is 198 Å². The van der Waals surface area contributed by atoms with Gasteiger partial charge in [-0.2, -0.15) is 25.3 Å². The monoisotopic (exact) mass is 1330 g/mol. The van der Waals surface area contributed by atoms with Crippen molar-refractivity contribution < 1.29 is 87.5 Å². The van der Waals surface area contributed by atoms with E-state index in [2.05, 4.69) is 73.1 Å². The predicted molar refractivity (Wildman–Crippen MR) is 333 cm³/mol. The molecule has 34 heteroatoms. The van der Waals surface area contributed by atoms with E-state index in [9.17, 15) is 87.5 Å². The number of aliphatic carboxylic acids is 1. The largest absolute Gasteiger partial charge is 0.480 e. The number of carbonyl (C=O) groups is 14. The fourth-order valence-corrected chi connectivity index (χ4v) is 11.0. The molecule has 0 aromatic rings. The lowest BCUT2D eigenvalue weighted by Gasteiger charge is -2.35. The summed E-state index contributed by atoms with van der Waals surface area (Å²) in [4.78, 5) is 192. The Morgan fingerprint density at radius 1 is 0.527 bits per heavy atom. The quantitative estimate of drug-likeness (QED) is 0.0263. The highest BCUT2D eigenvalue weighted by Gasteiger charge is 2.47. The van der Waals surface area contributed by atoms with Crippen LogP contribution >= 0.6 is 25.3 Å². The van der Waals surface area contributed by atoms with Gasteiger partial charge in [0.15, 0.2) is 0 Å². The summed E-state index contributed by atoms with van der Waals surface area (Å²) < 4.78 is 0. The van der Waals surface area contributed by atoms with Crippen molar-refractivity contribution in [2.75, 3.05) is 37.7 Å². The number of aliphatic hydroxyl groups is 3. The zero-order valence-electron chi connectivity index (χ0n) is 53.1. The number of rotatable bonds is 35. The van der Waals surface area contributed by atoms with E-state index >= 15 is 0 Å². The van der Waals surface area contributed by atoms with Gasteiger partial charge in [0.25, 0.3) is 0 Å². The number of nitrogens with zero attached hydrogens (tertiary/aromatic N) is 3. The fourth-order valence-electron chi connectivity index (χ4n) is 10.6. The second-order valence-corrected chi connectivity index (χ2v) is 24.5. The smallest absolute Gasteiger partial charge is 0.326 e. The van der Waals surface area contributed by atoms with Crippen LogP contribution < -0.4 is 59.3 Å². The number of β-amino-alcohol motifs (C(OH)–C–C–N with tert-alkyl or cyclic N) is 1. The average Bonchev–Trinajstić information content (AvgIpc) is 2.58. The maximum atomic E-state index is 14.6. The zero-order chi connectivity index (χ0) is 68.9. The summed E-state index contributed by atoms with van der Waals surface area (Å²) in [5.74, 6) is -14.0. The van der Waals surface area contributed by atoms with E-state index in [-0.39, 0.29) is 63.2 Å². The molecule has 3 aliphatic rings. The summed E-state index contributed by atoms with van der Waals surface area (Å²) >= 11 is 8.21. The van der Waals surface area contributed by atoms with Crippen molar-refractivity contribution in [2.24, 2.45) is 29.2 Å². The van der Waals surface area contributed by atoms with Crippen molar-refractivity contribution in [1.82, 2.24) is 62.6 Å². The van der Waals surface area contributed by atoms with Crippen molar-refractivity contribution in [3.63, 3.8) is 0 Å². The number of aliphatic hydroxyl groups excluding tert-OH is 3. The van der Waals surface area contributed by atoms with Crippen LogP contribution in [0.25, 0.3) is 0 Å². The first kappa shape index (κ1) is 78.4. The normalized spacial score (nSPS) is 21.8. The number of hydrogen-bond donors (Lipinski definition) is 17. The Labute approximate surface area is 540 Å². The third kappa shape index (κ3) is 21.9. The van der Waals surface area contributed by atoms with Gasteiger partial charge in [0.2, 0.25) is 76.8 Å². The van der Waals surface area contributed by atoms with Gasteiger partial charge in [0.05, 0.1) is 24.9 Å². The summed E-state index contributed by atoms with van der Waals surface area (Å²) in [5.41, 5.74) is 11.0. The lowest BCUT2D eigenvalue weighted by Crippen LogP contribution is -2.62.